The molecule has 3 saturated carbocycles. The number of methoxy groups -OCH3 is 2. The Morgan fingerprint density at radius 1 is 0.967 bits per heavy atom. The zero-order valence-electron chi connectivity index (χ0n) is 19.3. The third-order valence-electron chi connectivity index (χ3n) is 10.5. The first-order chi connectivity index (χ1) is 14.4. The molecule has 0 radical (unpaired) electrons. The fraction of sp³-hybridized carbons (Fsp3) is 0.960. The predicted molar refractivity (Wildman–Crippen MR) is 113 cm³/mol. The van der Waals surface area contributed by atoms with Gasteiger partial charge in [0.25, 0.3) is 0 Å². The third-order valence-corrected chi connectivity index (χ3v) is 10.5. The highest BCUT2D eigenvalue weighted by atomic mass is 16.7. The molecule has 2 aliphatic heterocycles. The molecule has 5 rings (SSSR count). The minimum atomic E-state index is -0.606. The van der Waals surface area contributed by atoms with E-state index in [-0.39, 0.29) is 11.4 Å². The number of esters is 1. The van der Waals surface area contributed by atoms with Gasteiger partial charge in [0.2, 0.25) is 0 Å². The fourth-order valence-corrected chi connectivity index (χ4v) is 8.74. The summed E-state index contributed by atoms with van der Waals surface area (Å²) in [5.41, 5.74) is 0.393. The number of carbonyl (C=O) groups is 1. The van der Waals surface area contributed by atoms with Crippen LogP contribution in [0.1, 0.15) is 78.1 Å². The number of rotatable bonds is 2. The molecule has 2 heterocycles. The minimum Gasteiger partial charge on any atom is -0.467 e. The van der Waals surface area contributed by atoms with E-state index < -0.39 is 11.9 Å². The van der Waals surface area contributed by atoms with Gasteiger partial charge in [-0.25, -0.2) is 4.79 Å². The molecule has 0 N–H and O–H groups in total. The van der Waals surface area contributed by atoms with Crippen LogP contribution < -0.4 is 0 Å². The molecule has 0 aromatic carbocycles. The molecule has 170 valence electrons. The molecule has 0 aromatic heterocycles. The van der Waals surface area contributed by atoms with Crippen molar-refractivity contribution in [3.63, 3.8) is 0 Å². The van der Waals surface area contributed by atoms with Crippen LogP contribution in [0.5, 0.6) is 0 Å². The second-order valence-corrected chi connectivity index (χ2v) is 11.3. The standard InChI is InChI=1S/C25H40O5/c1-23-11-8-17(27-3)14-16(23)6-7-18-19(23)9-12-24(2)20(18)15-21(22(26)28-4)30-25(24)10-5-13-29-25/h16-21H,5-15H2,1-4H3/t16-,17+,18+,19-,20-,21+,23-,24-,25-/m0/s1. The van der Waals surface area contributed by atoms with Gasteiger partial charge in [0, 0.05) is 18.9 Å². The Morgan fingerprint density at radius 2 is 1.80 bits per heavy atom. The van der Waals surface area contributed by atoms with Crippen LogP contribution >= 0.6 is 0 Å². The maximum atomic E-state index is 12.6. The molecule has 3 aliphatic carbocycles. The van der Waals surface area contributed by atoms with E-state index in [2.05, 4.69) is 13.8 Å². The Morgan fingerprint density at radius 3 is 2.50 bits per heavy atom. The van der Waals surface area contributed by atoms with E-state index in [9.17, 15) is 4.79 Å². The van der Waals surface area contributed by atoms with E-state index in [1.807, 2.05) is 7.11 Å². The van der Waals surface area contributed by atoms with E-state index in [0.29, 0.717) is 23.4 Å². The maximum Gasteiger partial charge on any atom is 0.335 e. The van der Waals surface area contributed by atoms with E-state index in [1.54, 1.807) is 0 Å². The quantitative estimate of drug-likeness (QED) is 0.605. The summed E-state index contributed by atoms with van der Waals surface area (Å²) in [5, 5.41) is 0. The highest BCUT2D eigenvalue weighted by Gasteiger charge is 2.67. The first-order valence-electron chi connectivity index (χ1n) is 12.3. The number of carbonyl (C=O) groups excluding carboxylic acids is 1. The normalized spacial score (nSPS) is 52.9. The zero-order chi connectivity index (χ0) is 21.1. The summed E-state index contributed by atoms with van der Waals surface area (Å²) in [7, 11) is 3.35. The molecule has 0 amide bonds. The van der Waals surface area contributed by atoms with Crippen molar-refractivity contribution in [1.29, 1.82) is 0 Å². The van der Waals surface area contributed by atoms with Gasteiger partial charge in [-0.15, -0.1) is 0 Å². The molecule has 9 atom stereocenters. The SMILES string of the molecule is COC(=O)[C@H]1C[C@H]2[C@@H]3CC[C@H]4C[C@H](OC)CC[C@]4(C)[C@H]3CC[C@]2(C)[C@]2(CCCO2)O1. The lowest BCUT2D eigenvalue weighted by Crippen LogP contribution is -2.65. The van der Waals surface area contributed by atoms with Crippen LogP contribution in [-0.4, -0.2) is 44.8 Å². The summed E-state index contributed by atoms with van der Waals surface area (Å²) in [4.78, 5) is 12.6. The topological polar surface area (TPSA) is 54.0 Å². The van der Waals surface area contributed by atoms with Gasteiger partial charge in [-0.1, -0.05) is 13.8 Å². The van der Waals surface area contributed by atoms with Crippen LogP contribution in [0.4, 0.5) is 0 Å². The Labute approximate surface area is 181 Å². The lowest BCUT2D eigenvalue weighted by molar-refractivity contribution is -0.350. The van der Waals surface area contributed by atoms with Crippen LogP contribution in [0.2, 0.25) is 0 Å². The summed E-state index contributed by atoms with van der Waals surface area (Å²) in [6, 6.07) is 0. The van der Waals surface area contributed by atoms with Crippen molar-refractivity contribution in [3.05, 3.63) is 0 Å². The number of hydrogen-bond donors (Lipinski definition) is 0. The fourth-order valence-electron chi connectivity index (χ4n) is 8.74. The van der Waals surface area contributed by atoms with Crippen molar-refractivity contribution < 1.29 is 23.7 Å². The Bertz CT molecular complexity index is 672. The van der Waals surface area contributed by atoms with E-state index in [4.69, 9.17) is 18.9 Å². The van der Waals surface area contributed by atoms with Gasteiger partial charge in [0.05, 0.1) is 19.8 Å². The first kappa shape index (κ1) is 21.2. The van der Waals surface area contributed by atoms with Gasteiger partial charge in [-0.3, -0.25) is 0 Å². The van der Waals surface area contributed by atoms with Gasteiger partial charge < -0.3 is 18.9 Å². The lowest BCUT2D eigenvalue weighted by atomic mass is 9.42. The van der Waals surface area contributed by atoms with Crippen molar-refractivity contribution in [3.8, 4) is 0 Å². The summed E-state index contributed by atoms with van der Waals surface area (Å²) in [5.74, 6) is 1.79. The largest absolute Gasteiger partial charge is 0.467 e. The summed E-state index contributed by atoms with van der Waals surface area (Å²) >= 11 is 0. The van der Waals surface area contributed by atoms with E-state index >= 15 is 0 Å². The Hall–Kier alpha value is -0.650. The van der Waals surface area contributed by atoms with Crippen molar-refractivity contribution in [2.75, 3.05) is 20.8 Å². The van der Waals surface area contributed by atoms with Gasteiger partial charge in [-0.05, 0) is 86.9 Å². The minimum absolute atomic E-state index is 0.0118. The van der Waals surface area contributed by atoms with E-state index in [0.717, 1.165) is 44.1 Å². The molecular weight excluding hydrogens is 380 g/mol. The summed E-state index contributed by atoms with van der Waals surface area (Å²) in [6.07, 6.45) is 11.3. The van der Waals surface area contributed by atoms with Crippen LogP contribution in [0.25, 0.3) is 0 Å². The molecule has 5 heteroatoms. The highest BCUT2D eigenvalue weighted by Crippen LogP contribution is 2.68. The Balaban J connectivity index is 1.47. The monoisotopic (exact) mass is 420 g/mol. The molecule has 5 aliphatic rings. The van der Waals surface area contributed by atoms with Crippen LogP contribution in [0, 0.1) is 34.5 Å². The van der Waals surface area contributed by atoms with Crippen LogP contribution in [0.15, 0.2) is 0 Å². The molecule has 30 heavy (non-hydrogen) atoms. The van der Waals surface area contributed by atoms with Crippen LogP contribution in [-0.2, 0) is 23.7 Å². The second kappa shape index (κ2) is 7.45. The zero-order valence-corrected chi connectivity index (χ0v) is 19.3. The highest BCUT2D eigenvalue weighted by molar-refractivity contribution is 5.74. The van der Waals surface area contributed by atoms with Crippen LogP contribution in [0.3, 0.4) is 0 Å². The Kier molecular flexibility index (Phi) is 5.27. The molecule has 0 aromatic rings. The van der Waals surface area contributed by atoms with Gasteiger partial charge in [-0.2, -0.15) is 0 Å². The van der Waals surface area contributed by atoms with Crippen molar-refractivity contribution in [2.24, 2.45) is 34.5 Å². The van der Waals surface area contributed by atoms with Gasteiger partial charge in [0.15, 0.2) is 11.9 Å². The molecule has 5 nitrogen and oxygen atoms in total. The van der Waals surface area contributed by atoms with Crippen molar-refractivity contribution in [1.82, 2.24) is 0 Å². The smallest absolute Gasteiger partial charge is 0.335 e. The maximum absolute atomic E-state index is 12.6. The van der Waals surface area contributed by atoms with Crippen molar-refractivity contribution >= 4 is 5.97 Å². The number of fused-ring (bicyclic) bond motifs is 6. The third kappa shape index (κ3) is 2.87. The summed E-state index contributed by atoms with van der Waals surface area (Å²) < 4.78 is 23.8. The predicted octanol–water partition coefficient (Wildman–Crippen LogP) is 4.72. The average molecular weight is 421 g/mol. The molecule has 5 fully saturated rings. The molecule has 2 saturated heterocycles. The van der Waals surface area contributed by atoms with Gasteiger partial charge in [0.1, 0.15) is 0 Å². The molecule has 0 bridgehead atoms. The second-order valence-electron chi connectivity index (χ2n) is 11.3. The lowest BCUT2D eigenvalue weighted by Gasteiger charge is -2.65. The van der Waals surface area contributed by atoms with E-state index in [1.165, 1.54) is 45.6 Å². The number of hydrogen-bond acceptors (Lipinski definition) is 5. The molecular formula is C25H40O5. The van der Waals surface area contributed by atoms with Gasteiger partial charge >= 0.3 is 5.97 Å². The molecule has 1 spiro atoms. The molecule has 0 unspecified atom stereocenters. The average Bonchev–Trinajstić information content (AvgIpc) is 3.23. The van der Waals surface area contributed by atoms with Crippen molar-refractivity contribution in [2.45, 2.75) is 96.1 Å². The number of ether oxygens (including phenoxy) is 4. The first-order valence-corrected chi connectivity index (χ1v) is 12.3. The summed E-state index contributed by atoms with van der Waals surface area (Å²) in [6.45, 7) is 5.72.